The number of esters is 3. The van der Waals surface area contributed by atoms with Crippen molar-refractivity contribution in [2.75, 3.05) is 47.6 Å². The van der Waals surface area contributed by atoms with E-state index in [1.54, 1.807) is 27.7 Å². The van der Waals surface area contributed by atoms with Crippen molar-refractivity contribution in [1.82, 2.24) is 4.90 Å². The predicted octanol–water partition coefficient (Wildman–Crippen LogP) is 1.39. The second kappa shape index (κ2) is 12.4. The molecule has 0 saturated heterocycles. The highest BCUT2D eigenvalue weighted by molar-refractivity contribution is 5.82. The van der Waals surface area contributed by atoms with Gasteiger partial charge in [-0.1, -0.05) is 6.92 Å². The Morgan fingerprint density at radius 1 is 0.935 bits per heavy atom. The molecule has 0 spiro atoms. The zero-order valence-electron chi connectivity index (χ0n) is 20.3. The summed E-state index contributed by atoms with van der Waals surface area (Å²) in [5.41, 5.74) is -3.24. The van der Waals surface area contributed by atoms with Gasteiger partial charge in [0.25, 0.3) is 0 Å². The lowest BCUT2D eigenvalue weighted by Gasteiger charge is -2.39. The van der Waals surface area contributed by atoms with Crippen LogP contribution in [0, 0.1) is 16.2 Å². The third-order valence-electron chi connectivity index (χ3n) is 5.51. The van der Waals surface area contributed by atoms with E-state index in [1.807, 2.05) is 25.9 Å². The number of hydrogen-bond acceptors (Lipinski definition) is 9. The van der Waals surface area contributed by atoms with Gasteiger partial charge in [0.2, 0.25) is 0 Å². The van der Waals surface area contributed by atoms with E-state index in [1.165, 1.54) is 7.11 Å². The minimum Gasteiger partial charge on any atom is -0.469 e. The Labute approximate surface area is 186 Å². The van der Waals surface area contributed by atoms with Crippen molar-refractivity contribution in [3.8, 4) is 0 Å². The minimum absolute atomic E-state index is 0.0570. The highest BCUT2D eigenvalue weighted by Crippen LogP contribution is 2.45. The predicted molar refractivity (Wildman–Crippen MR) is 115 cm³/mol. The summed E-state index contributed by atoms with van der Waals surface area (Å²) in [5.74, 6) is -1.56. The van der Waals surface area contributed by atoms with Crippen molar-refractivity contribution in [3.05, 3.63) is 0 Å². The summed E-state index contributed by atoms with van der Waals surface area (Å²) < 4.78 is 15.6. The number of aliphatic hydroxyl groups is 2. The second-order valence-corrected chi connectivity index (χ2v) is 9.58. The lowest BCUT2D eigenvalue weighted by atomic mass is 9.65. The second-order valence-electron chi connectivity index (χ2n) is 9.58. The summed E-state index contributed by atoms with van der Waals surface area (Å²) in [7, 11) is 5.02. The van der Waals surface area contributed by atoms with Crippen LogP contribution >= 0.6 is 0 Å². The van der Waals surface area contributed by atoms with Crippen molar-refractivity contribution >= 4 is 17.9 Å². The standard InChI is InChI=1S/C22H41NO8/c1-9-21(4,18(27)29-8)15-22(5,19(28)30-11-10-23(6)7)14-20(2,3)17(26)31-13-16(25)12-24/h16,24-25H,9-15H2,1-8H3. The fraction of sp³-hybridized carbons (Fsp3) is 0.864. The molecule has 2 N–H and O–H groups in total. The highest BCUT2D eigenvalue weighted by atomic mass is 16.5. The molecule has 0 amide bonds. The largest absolute Gasteiger partial charge is 0.469 e. The Morgan fingerprint density at radius 3 is 1.97 bits per heavy atom. The molecule has 0 heterocycles. The molecular formula is C22H41NO8. The molecule has 0 aromatic carbocycles. The number of rotatable bonds is 14. The number of hydrogen-bond donors (Lipinski definition) is 2. The third-order valence-corrected chi connectivity index (χ3v) is 5.51. The van der Waals surface area contributed by atoms with Crippen LogP contribution in [0.3, 0.4) is 0 Å². The molecule has 3 unspecified atom stereocenters. The fourth-order valence-electron chi connectivity index (χ4n) is 3.62. The van der Waals surface area contributed by atoms with Gasteiger partial charge in [-0.25, -0.2) is 0 Å². The number of likely N-dealkylation sites (N-methyl/N-ethyl adjacent to an activating group) is 1. The van der Waals surface area contributed by atoms with E-state index in [0.29, 0.717) is 13.0 Å². The molecule has 0 bridgehead atoms. The van der Waals surface area contributed by atoms with Crippen LogP contribution in [0.15, 0.2) is 0 Å². The summed E-state index contributed by atoms with van der Waals surface area (Å²) in [6, 6.07) is 0. The quantitative estimate of drug-likeness (QED) is 0.300. The first-order valence-corrected chi connectivity index (χ1v) is 10.5. The highest BCUT2D eigenvalue weighted by Gasteiger charge is 2.49. The topological polar surface area (TPSA) is 123 Å². The lowest BCUT2D eigenvalue weighted by Crippen LogP contribution is -2.44. The molecule has 0 aliphatic rings. The Morgan fingerprint density at radius 2 is 1.52 bits per heavy atom. The van der Waals surface area contributed by atoms with Gasteiger partial charge in [-0.05, 0) is 61.1 Å². The average molecular weight is 448 g/mol. The van der Waals surface area contributed by atoms with Crippen LogP contribution in [-0.2, 0) is 28.6 Å². The monoisotopic (exact) mass is 447 g/mol. The summed E-state index contributed by atoms with van der Waals surface area (Å²) in [4.78, 5) is 40.1. The van der Waals surface area contributed by atoms with Gasteiger partial charge >= 0.3 is 17.9 Å². The molecule has 9 nitrogen and oxygen atoms in total. The zero-order valence-corrected chi connectivity index (χ0v) is 20.3. The normalized spacial score (nSPS) is 16.7. The van der Waals surface area contributed by atoms with E-state index >= 15 is 0 Å². The van der Waals surface area contributed by atoms with Gasteiger partial charge in [-0.2, -0.15) is 0 Å². The average Bonchev–Trinajstić information content (AvgIpc) is 2.69. The number of carbonyl (C=O) groups excluding carboxylic acids is 3. The minimum atomic E-state index is -1.18. The molecular weight excluding hydrogens is 406 g/mol. The number of ether oxygens (including phenoxy) is 3. The molecule has 0 fully saturated rings. The smallest absolute Gasteiger partial charge is 0.311 e. The van der Waals surface area contributed by atoms with Crippen LogP contribution in [0.4, 0.5) is 0 Å². The SMILES string of the molecule is CCC(C)(CC(C)(CC(C)(C)C(=O)OCC(O)CO)C(=O)OCCN(C)C)C(=O)OC. The van der Waals surface area contributed by atoms with Crippen molar-refractivity contribution in [2.45, 2.75) is 60.0 Å². The molecule has 9 heteroatoms. The van der Waals surface area contributed by atoms with Crippen molar-refractivity contribution in [3.63, 3.8) is 0 Å². The first-order valence-electron chi connectivity index (χ1n) is 10.5. The molecule has 0 aromatic rings. The van der Waals surface area contributed by atoms with Crippen molar-refractivity contribution in [1.29, 1.82) is 0 Å². The van der Waals surface area contributed by atoms with E-state index < -0.39 is 46.9 Å². The number of carbonyl (C=O) groups is 3. The van der Waals surface area contributed by atoms with Gasteiger partial charge < -0.3 is 29.3 Å². The molecule has 0 radical (unpaired) electrons. The van der Waals surface area contributed by atoms with E-state index in [2.05, 4.69) is 0 Å². The van der Waals surface area contributed by atoms with Crippen LogP contribution in [0.1, 0.15) is 53.9 Å². The van der Waals surface area contributed by atoms with Gasteiger partial charge in [0, 0.05) is 6.54 Å². The first kappa shape index (κ1) is 29.3. The Bertz CT molecular complexity index is 606. The first-order chi connectivity index (χ1) is 14.2. The Kier molecular flexibility index (Phi) is 11.7. The van der Waals surface area contributed by atoms with Gasteiger partial charge in [-0.15, -0.1) is 0 Å². The van der Waals surface area contributed by atoms with Crippen molar-refractivity contribution in [2.24, 2.45) is 16.2 Å². The van der Waals surface area contributed by atoms with Crippen LogP contribution in [0.25, 0.3) is 0 Å². The lowest BCUT2D eigenvalue weighted by molar-refractivity contribution is -0.169. The van der Waals surface area contributed by atoms with Crippen LogP contribution in [0.5, 0.6) is 0 Å². The molecule has 0 aromatic heterocycles. The molecule has 182 valence electrons. The molecule has 0 aliphatic carbocycles. The summed E-state index contributed by atoms with van der Waals surface area (Å²) in [6.45, 7) is 8.34. The number of aliphatic hydroxyl groups excluding tert-OH is 2. The molecule has 3 atom stereocenters. The molecule has 0 saturated carbocycles. The maximum atomic E-state index is 13.1. The van der Waals surface area contributed by atoms with Gasteiger partial charge in [-0.3, -0.25) is 14.4 Å². The van der Waals surface area contributed by atoms with E-state index in [-0.39, 0.29) is 26.1 Å². The molecule has 0 rings (SSSR count). The maximum absolute atomic E-state index is 13.1. The van der Waals surface area contributed by atoms with Crippen LogP contribution in [-0.4, -0.2) is 86.7 Å². The van der Waals surface area contributed by atoms with E-state index in [4.69, 9.17) is 19.3 Å². The van der Waals surface area contributed by atoms with Gasteiger partial charge in [0.1, 0.15) is 19.3 Å². The van der Waals surface area contributed by atoms with E-state index in [9.17, 15) is 19.5 Å². The molecule has 31 heavy (non-hydrogen) atoms. The molecule has 0 aliphatic heterocycles. The van der Waals surface area contributed by atoms with Crippen LogP contribution in [0.2, 0.25) is 0 Å². The van der Waals surface area contributed by atoms with Gasteiger partial charge in [0.15, 0.2) is 0 Å². The third kappa shape index (κ3) is 9.13. The Hall–Kier alpha value is -1.71. The summed E-state index contributed by atoms with van der Waals surface area (Å²) >= 11 is 0. The fourth-order valence-corrected chi connectivity index (χ4v) is 3.62. The zero-order chi connectivity index (χ0) is 24.5. The Balaban J connectivity index is 5.76. The number of methoxy groups -OCH3 is 1. The van der Waals surface area contributed by atoms with Gasteiger partial charge in [0.05, 0.1) is 30.0 Å². The van der Waals surface area contributed by atoms with Crippen molar-refractivity contribution < 1.29 is 38.8 Å². The maximum Gasteiger partial charge on any atom is 0.311 e. The van der Waals surface area contributed by atoms with E-state index in [0.717, 1.165) is 0 Å². The number of nitrogens with zero attached hydrogens (tertiary/aromatic N) is 1. The summed E-state index contributed by atoms with van der Waals surface area (Å²) in [6.07, 6.45) is -0.556. The van der Waals surface area contributed by atoms with Crippen LogP contribution < -0.4 is 0 Å². The summed E-state index contributed by atoms with van der Waals surface area (Å²) in [5, 5.41) is 18.4.